The van der Waals surface area contributed by atoms with Gasteiger partial charge in [0.15, 0.2) is 0 Å². The number of methoxy groups -OCH3 is 1. The van der Waals surface area contributed by atoms with Gasteiger partial charge in [-0.3, -0.25) is 0 Å². The van der Waals surface area contributed by atoms with E-state index >= 15 is 0 Å². The number of benzene rings is 1. The minimum Gasteiger partial charge on any atom is -0.497 e. The molecule has 1 aromatic carbocycles. The van der Waals surface area contributed by atoms with E-state index in [1.165, 1.54) is 0 Å². The maximum absolute atomic E-state index is 9.75. The Kier molecular flexibility index (Phi) is 4.13. The normalized spacial score (nSPS) is 28.1. The van der Waals surface area contributed by atoms with Gasteiger partial charge in [0.25, 0.3) is 0 Å². The van der Waals surface area contributed by atoms with Crippen molar-refractivity contribution in [2.24, 2.45) is 5.92 Å². The van der Waals surface area contributed by atoms with Gasteiger partial charge in [0.1, 0.15) is 11.5 Å². The largest absolute Gasteiger partial charge is 0.497 e. The van der Waals surface area contributed by atoms with Crippen molar-refractivity contribution < 1.29 is 14.6 Å². The molecule has 1 N–H and O–H groups in total. The van der Waals surface area contributed by atoms with Crippen LogP contribution in [-0.4, -0.2) is 30.3 Å². The first-order valence-electron chi connectivity index (χ1n) is 5.78. The van der Waals surface area contributed by atoms with E-state index in [9.17, 15) is 5.11 Å². The van der Waals surface area contributed by atoms with Crippen LogP contribution in [0.25, 0.3) is 0 Å². The van der Waals surface area contributed by atoms with Gasteiger partial charge in [-0.25, -0.2) is 0 Å². The van der Waals surface area contributed by atoms with Gasteiger partial charge in [0, 0.05) is 17.4 Å². The Morgan fingerprint density at radius 1 is 1.35 bits per heavy atom. The molecule has 0 heterocycles. The fourth-order valence-corrected chi connectivity index (χ4v) is 2.52. The number of halogens is 1. The third-order valence-corrected chi connectivity index (χ3v) is 3.46. The Morgan fingerprint density at radius 2 is 2.12 bits per heavy atom. The first-order chi connectivity index (χ1) is 8.19. The highest BCUT2D eigenvalue weighted by Gasteiger charge is 2.32. The molecule has 1 fully saturated rings. The monoisotopic (exact) mass is 256 g/mol. The second-order valence-corrected chi connectivity index (χ2v) is 5.00. The van der Waals surface area contributed by atoms with Gasteiger partial charge >= 0.3 is 0 Å². The molecule has 0 spiro atoms. The van der Waals surface area contributed by atoms with Gasteiger partial charge < -0.3 is 14.6 Å². The zero-order valence-electron chi connectivity index (χ0n) is 9.80. The van der Waals surface area contributed by atoms with Crippen LogP contribution in [-0.2, 0) is 0 Å². The zero-order chi connectivity index (χ0) is 12.3. The molecule has 0 radical (unpaired) electrons. The Balaban J connectivity index is 1.89. The van der Waals surface area contributed by atoms with Crippen LogP contribution in [0.1, 0.15) is 12.8 Å². The number of hydrogen-bond acceptors (Lipinski definition) is 3. The zero-order valence-corrected chi connectivity index (χ0v) is 10.6. The van der Waals surface area contributed by atoms with E-state index in [4.69, 9.17) is 21.1 Å². The molecule has 1 aliphatic carbocycles. The average molecular weight is 257 g/mol. The van der Waals surface area contributed by atoms with Gasteiger partial charge in [-0.1, -0.05) is 6.07 Å². The molecule has 3 atom stereocenters. The number of ether oxygens (including phenoxy) is 2. The number of aliphatic hydroxyl groups excluding tert-OH is 1. The van der Waals surface area contributed by atoms with Gasteiger partial charge in [-0.15, -0.1) is 11.6 Å². The minimum atomic E-state index is -0.344. The van der Waals surface area contributed by atoms with Crippen LogP contribution >= 0.6 is 11.6 Å². The number of alkyl halides is 1. The molecule has 0 amide bonds. The number of rotatable bonds is 4. The van der Waals surface area contributed by atoms with Crippen LogP contribution in [0.15, 0.2) is 24.3 Å². The van der Waals surface area contributed by atoms with E-state index in [2.05, 4.69) is 0 Å². The fraction of sp³-hybridized carbons (Fsp3) is 0.538. The lowest BCUT2D eigenvalue weighted by Gasteiger charge is -2.15. The van der Waals surface area contributed by atoms with Gasteiger partial charge in [-0.2, -0.15) is 0 Å². The Bertz CT molecular complexity index is 369. The summed E-state index contributed by atoms with van der Waals surface area (Å²) in [5, 5.41) is 9.82. The van der Waals surface area contributed by atoms with Crippen molar-refractivity contribution in [1.29, 1.82) is 0 Å². The topological polar surface area (TPSA) is 38.7 Å². The fourth-order valence-electron chi connectivity index (χ4n) is 2.11. The summed E-state index contributed by atoms with van der Waals surface area (Å²) in [5.74, 6) is 1.66. The van der Waals surface area contributed by atoms with E-state index in [0.717, 1.165) is 17.9 Å². The highest BCUT2D eigenvalue weighted by Crippen LogP contribution is 2.30. The summed E-state index contributed by atoms with van der Waals surface area (Å²) in [4.78, 5) is 0. The Labute approximate surface area is 106 Å². The molecule has 4 heteroatoms. The molecule has 0 aromatic heterocycles. The Morgan fingerprint density at radius 3 is 2.76 bits per heavy atom. The third kappa shape index (κ3) is 3.27. The summed E-state index contributed by atoms with van der Waals surface area (Å²) in [6.45, 7) is 0.498. The SMILES string of the molecule is COc1cccc(OC[C@@H]2C[C@H](Cl)C[C@H]2O)c1. The molecular formula is C13H17ClO3. The van der Waals surface area contributed by atoms with Crippen molar-refractivity contribution in [3.8, 4) is 11.5 Å². The van der Waals surface area contributed by atoms with Crippen molar-refractivity contribution in [1.82, 2.24) is 0 Å². The van der Waals surface area contributed by atoms with Crippen LogP contribution < -0.4 is 9.47 Å². The van der Waals surface area contributed by atoms with Gasteiger partial charge in [0.05, 0.1) is 19.8 Å². The molecular weight excluding hydrogens is 240 g/mol. The second kappa shape index (κ2) is 5.61. The van der Waals surface area contributed by atoms with Crippen molar-refractivity contribution in [3.63, 3.8) is 0 Å². The molecule has 94 valence electrons. The predicted molar refractivity (Wildman–Crippen MR) is 66.9 cm³/mol. The summed E-state index contributed by atoms with van der Waals surface area (Å²) in [6, 6.07) is 7.46. The third-order valence-electron chi connectivity index (χ3n) is 3.11. The van der Waals surface area contributed by atoms with Crippen LogP contribution in [0.4, 0.5) is 0 Å². The van der Waals surface area contributed by atoms with Gasteiger partial charge in [-0.05, 0) is 25.0 Å². The predicted octanol–water partition coefficient (Wildman–Crippen LogP) is 2.45. The highest BCUT2D eigenvalue weighted by molar-refractivity contribution is 6.20. The van der Waals surface area contributed by atoms with E-state index in [0.29, 0.717) is 13.0 Å². The van der Waals surface area contributed by atoms with Crippen molar-refractivity contribution in [2.45, 2.75) is 24.3 Å². The van der Waals surface area contributed by atoms with Crippen LogP contribution in [0.3, 0.4) is 0 Å². The maximum atomic E-state index is 9.75. The molecule has 1 aromatic rings. The highest BCUT2D eigenvalue weighted by atomic mass is 35.5. The van der Waals surface area contributed by atoms with E-state index < -0.39 is 0 Å². The van der Waals surface area contributed by atoms with E-state index in [1.807, 2.05) is 24.3 Å². The number of aliphatic hydroxyl groups is 1. The minimum absolute atomic E-state index is 0.0731. The van der Waals surface area contributed by atoms with Crippen molar-refractivity contribution in [3.05, 3.63) is 24.3 Å². The first-order valence-corrected chi connectivity index (χ1v) is 6.21. The second-order valence-electron chi connectivity index (χ2n) is 4.39. The lowest BCUT2D eigenvalue weighted by molar-refractivity contribution is 0.0985. The summed E-state index contributed by atoms with van der Waals surface area (Å²) in [5.41, 5.74) is 0. The smallest absolute Gasteiger partial charge is 0.123 e. The molecule has 2 rings (SSSR count). The lowest BCUT2D eigenvalue weighted by atomic mass is 10.1. The lowest BCUT2D eigenvalue weighted by Crippen LogP contribution is -2.20. The number of hydrogen-bond donors (Lipinski definition) is 1. The molecule has 0 unspecified atom stereocenters. The van der Waals surface area contributed by atoms with Crippen LogP contribution in [0.2, 0.25) is 0 Å². The van der Waals surface area contributed by atoms with Crippen LogP contribution in [0.5, 0.6) is 11.5 Å². The average Bonchev–Trinajstić information content (AvgIpc) is 2.65. The summed E-state index contributed by atoms with van der Waals surface area (Å²) < 4.78 is 10.8. The summed E-state index contributed by atoms with van der Waals surface area (Å²) >= 11 is 6.00. The molecule has 0 saturated heterocycles. The molecule has 0 aliphatic heterocycles. The maximum Gasteiger partial charge on any atom is 0.123 e. The standard InChI is InChI=1S/C13H17ClO3/c1-16-11-3-2-4-12(7-11)17-8-9-5-10(14)6-13(9)15/h2-4,7,9-10,13,15H,5-6,8H2,1H3/t9-,10-,13+/m0/s1. The molecule has 3 nitrogen and oxygen atoms in total. The Hall–Kier alpha value is -0.930. The summed E-state index contributed by atoms with van der Waals surface area (Å²) in [6.07, 6.45) is 1.13. The van der Waals surface area contributed by atoms with Crippen molar-refractivity contribution in [2.75, 3.05) is 13.7 Å². The quantitative estimate of drug-likeness (QED) is 0.841. The molecule has 17 heavy (non-hydrogen) atoms. The van der Waals surface area contributed by atoms with E-state index in [-0.39, 0.29) is 17.4 Å². The molecule has 0 bridgehead atoms. The molecule has 1 aliphatic rings. The first kappa shape index (κ1) is 12.5. The van der Waals surface area contributed by atoms with Crippen molar-refractivity contribution >= 4 is 11.6 Å². The molecule has 1 saturated carbocycles. The summed E-state index contributed by atoms with van der Waals surface area (Å²) in [7, 11) is 1.62. The van der Waals surface area contributed by atoms with Crippen LogP contribution in [0, 0.1) is 5.92 Å². The van der Waals surface area contributed by atoms with Gasteiger partial charge in [0.2, 0.25) is 0 Å². The van der Waals surface area contributed by atoms with E-state index in [1.54, 1.807) is 7.11 Å².